The molecule has 7 heteroatoms. The highest BCUT2D eigenvalue weighted by molar-refractivity contribution is 6.01. The zero-order valence-electron chi connectivity index (χ0n) is 16.1. The summed E-state index contributed by atoms with van der Waals surface area (Å²) in [6, 6.07) is 0. The van der Waals surface area contributed by atoms with Crippen LogP contribution in [-0.2, 0) is 9.59 Å². The number of allylic oxidation sites excluding steroid dienone is 4. The van der Waals surface area contributed by atoms with Gasteiger partial charge < -0.3 is 20.4 Å². The topological polar surface area (TPSA) is 115 Å². The van der Waals surface area contributed by atoms with Crippen LogP contribution in [-0.4, -0.2) is 62.1 Å². The summed E-state index contributed by atoms with van der Waals surface area (Å²) in [4.78, 5) is 24.2. The van der Waals surface area contributed by atoms with Gasteiger partial charge in [-0.25, -0.2) is 4.39 Å². The summed E-state index contributed by atoms with van der Waals surface area (Å²) in [7, 11) is 0. The highest BCUT2D eigenvalue weighted by Gasteiger charge is 2.76. The molecule has 0 bridgehead atoms. The van der Waals surface area contributed by atoms with E-state index in [9.17, 15) is 30.0 Å². The summed E-state index contributed by atoms with van der Waals surface area (Å²) >= 11 is 0. The van der Waals surface area contributed by atoms with Gasteiger partial charge in [0.05, 0.1) is 12.2 Å². The number of carbonyl (C=O) groups is 2. The quantitative estimate of drug-likeness (QED) is 0.546. The number of ketones is 2. The smallest absolute Gasteiger partial charge is 0.192 e. The highest BCUT2D eigenvalue weighted by Crippen LogP contribution is 2.69. The Bertz CT molecular complexity index is 807. The number of carbonyl (C=O) groups excluding carboxylic acids is 2. The lowest BCUT2D eigenvalue weighted by Gasteiger charge is -2.62. The number of hydrogen-bond acceptors (Lipinski definition) is 6. The van der Waals surface area contributed by atoms with E-state index in [1.54, 1.807) is 13.8 Å². The molecule has 0 unspecified atom stereocenters. The highest BCUT2D eigenvalue weighted by atomic mass is 19.1. The predicted molar refractivity (Wildman–Crippen MR) is 96.8 cm³/mol. The molecular weight excluding hydrogens is 367 g/mol. The lowest BCUT2D eigenvalue weighted by molar-refractivity contribution is -0.222. The zero-order chi connectivity index (χ0) is 20.7. The molecule has 4 aliphatic rings. The van der Waals surface area contributed by atoms with Gasteiger partial charge in [0.2, 0.25) is 0 Å². The molecule has 4 N–H and O–H groups in total. The molecule has 0 radical (unpaired) electrons. The van der Waals surface area contributed by atoms with Crippen LogP contribution in [0.4, 0.5) is 4.39 Å². The fourth-order valence-corrected chi connectivity index (χ4v) is 6.85. The molecule has 3 fully saturated rings. The number of aliphatic hydroxyl groups excluding tert-OH is 3. The van der Waals surface area contributed by atoms with Crippen molar-refractivity contribution < 1.29 is 34.4 Å². The third-order valence-electron chi connectivity index (χ3n) is 8.43. The van der Waals surface area contributed by atoms with Crippen LogP contribution < -0.4 is 0 Å². The van der Waals surface area contributed by atoms with E-state index in [0.29, 0.717) is 18.4 Å². The third-order valence-corrected chi connectivity index (χ3v) is 8.43. The minimum absolute atomic E-state index is 0.0135. The molecule has 0 aliphatic heterocycles. The van der Waals surface area contributed by atoms with Crippen LogP contribution in [0.1, 0.15) is 39.5 Å². The first-order valence-electron chi connectivity index (χ1n) is 9.82. The van der Waals surface area contributed by atoms with E-state index in [-0.39, 0.29) is 18.6 Å². The van der Waals surface area contributed by atoms with E-state index in [2.05, 4.69) is 0 Å². The minimum atomic E-state index is -2.23. The Kier molecular flexibility index (Phi) is 4.13. The molecule has 4 aliphatic carbocycles. The molecule has 0 spiro atoms. The zero-order valence-corrected chi connectivity index (χ0v) is 16.1. The molecule has 28 heavy (non-hydrogen) atoms. The average molecular weight is 394 g/mol. The van der Waals surface area contributed by atoms with Crippen LogP contribution in [0.3, 0.4) is 0 Å². The Morgan fingerprint density at radius 3 is 2.57 bits per heavy atom. The van der Waals surface area contributed by atoms with Crippen LogP contribution in [0, 0.1) is 22.7 Å². The number of hydrogen-bond donors (Lipinski definition) is 4. The number of fused-ring (bicyclic) bond motifs is 5. The van der Waals surface area contributed by atoms with Crippen LogP contribution in [0.5, 0.6) is 0 Å². The van der Waals surface area contributed by atoms with Crippen molar-refractivity contribution in [2.45, 2.75) is 63.0 Å². The number of aliphatic hydroxyl groups is 4. The maximum absolute atomic E-state index is 16.8. The number of alkyl halides is 1. The van der Waals surface area contributed by atoms with Gasteiger partial charge in [-0.3, -0.25) is 9.59 Å². The van der Waals surface area contributed by atoms with Crippen LogP contribution in [0.15, 0.2) is 23.8 Å². The van der Waals surface area contributed by atoms with Crippen LogP contribution >= 0.6 is 0 Å². The molecular formula is C21H27FO6. The second kappa shape index (κ2) is 5.81. The molecule has 0 saturated heterocycles. The molecule has 8 atom stereocenters. The van der Waals surface area contributed by atoms with Gasteiger partial charge in [-0.1, -0.05) is 18.6 Å². The Morgan fingerprint density at radius 2 is 1.93 bits per heavy atom. The van der Waals surface area contributed by atoms with Gasteiger partial charge in [0.25, 0.3) is 0 Å². The van der Waals surface area contributed by atoms with E-state index < -0.39 is 58.5 Å². The Hall–Kier alpha value is -1.41. The molecule has 154 valence electrons. The van der Waals surface area contributed by atoms with Gasteiger partial charge in [-0.15, -0.1) is 0 Å². The van der Waals surface area contributed by atoms with Crippen molar-refractivity contribution in [3.63, 3.8) is 0 Å². The van der Waals surface area contributed by atoms with E-state index in [0.717, 1.165) is 0 Å². The predicted octanol–water partition coefficient (Wildman–Crippen LogP) is 0.620. The van der Waals surface area contributed by atoms with Gasteiger partial charge in [0, 0.05) is 16.7 Å². The van der Waals surface area contributed by atoms with E-state index in [1.165, 1.54) is 18.2 Å². The van der Waals surface area contributed by atoms with Gasteiger partial charge in [0.1, 0.15) is 6.61 Å². The standard InChI is InChI=1S/C21H27FO6/c1-18-6-5-12(24)7-11(18)3-4-13-14-8-15(25)21(28,17(27)10-23)19(14,2)9-16(26)20(13,18)22/h5-7,13-16,23,25-26,28H,3-4,8-10H2,1-2H3/t13-,14-,15+,16+,18-,19-,20-,21-/m0/s1. The van der Waals surface area contributed by atoms with Gasteiger partial charge in [-0.05, 0) is 50.7 Å². The maximum Gasteiger partial charge on any atom is 0.192 e. The Labute approximate surface area is 162 Å². The number of rotatable bonds is 2. The van der Waals surface area contributed by atoms with Gasteiger partial charge >= 0.3 is 0 Å². The molecule has 0 aromatic heterocycles. The van der Waals surface area contributed by atoms with Crippen LogP contribution in [0.2, 0.25) is 0 Å². The summed E-state index contributed by atoms with van der Waals surface area (Å²) in [5, 5.41) is 42.1. The summed E-state index contributed by atoms with van der Waals surface area (Å²) in [6.45, 7) is 2.33. The van der Waals surface area contributed by atoms with Gasteiger partial charge in [0.15, 0.2) is 22.8 Å². The van der Waals surface area contributed by atoms with E-state index >= 15 is 4.39 Å². The first kappa shape index (κ1) is 19.9. The van der Waals surface area contributed by atoms with Crippen molar-refractivity contribution in [2.24, 2.45) is 22.7 Å². The lowest BCUT2D eigenvalue weighted by atomic mass is 9.44. The summed E-state index contributed by atoms with van der Waals surface area (Å²) in [6.07, 6.45) is 1.93. The van der Waals surface area contributed by atoms with Crippen molar-refractivity contribution in [2.75, 3.05) is 6.61 Å². The van der Waals surface area contributed by atoms with Crippen molar-refractivity contribution in [3.8, 4) is 0 Å². The lowest BCUT2D eigenvalue weighted by Crippen LogP contribution is -2.69. The summed E-state index contributed by atoms with van der Waals surface area (Å²) in [5.74, 6) is -2.38. The molecule has 4 rings (SSSR count). The van der Waals surface area contributed by atoms with Crippen LogP contribution in [0.25, 0.3) is 0 Å². The molecule has 6 nitrogen and oxygen atoms in total. The van der Waals surface area contributed by atoms with Crippen molar-refractivity contribution >= 4 is 11.6 Å². The molecule has 3 saturated carbocycles. The molecule has 0 aromatic carbocycles. The van der Waals surface area contributed by atoms with E-state index in [4.69, 9.17) is 0 Å². The second-order valence-corrected chi connectivity index (χ2v) is 9.36. The fraction of sp³-hybridized carbons (Fsp3) is 0.714. The van der Waals surface area contributed by atoms with E-state index in [1.807, 2.05) is 0 Å². The Balaban J connectivity index is 1.84. The SMILES string of the molecule is C[C@]12C=CC(=O)C=C1CC[C@H]1[C@@H]3C[C@@H](O)[C@](O)(C(=O)CO)[C@@]3(C)C[C@@H](O)[C@@]12F. The van der Waals surface area contributed by atoms with Crippen molar-refractivity contribution in [1.29, 1.82) is 0 Å². The number of Topliss-reactive ketones (excluding diaryl/α,β-unsaturated/α-hetero) is 1. The van der Waals surface area contributed by atoms with Crippen molar-refractivity contribution in [3.05, 3.63) is 23.8 Å². The summed E-state index contributed by atoms with van der Waals surface area (Å²) in [5.41, 5.74) is -6.12. The summed E-state index contributed by atoms with van der Waals surface area (Å²) < 4.78 is 16.8. The normalized spacial score (nSPS) is 52.5. The average Bonchev–Trinajstić information content (AvgIpc) is 2.84. The fourth-order valence-electron chi connectivity index (χ4n) is 6.85. The van der Waals surface area contributed by atoms with Gasteiger partial charge in [-0.2, -0.15) is 0 Å². The molecule has 0 heterocycles. The monoisotopic (exact) mass is 394 g/mol. The molecule has 0 aromatic rings. The largest absolute Gasteiger partial charge is 0.390 e. The van der Waals surface area contributed by atoms with Crippen molar-refractivity contribution in [1.82, 2.24) is 0 Å². The maximum atomic E-state index is 16.8. The first-order valence-corrected chi connectivity index (χ1v) is 9.82. The minimum Gasteiger partial charge on any atom is -0.390 e. The third kappa shape index (κ3) is 2.01. The first-order chi connectivity index (χ1) is 13.0. The molecule has 0 amide bonds. The number of halogens is 1. The Morgan fingerprint density at radius 1 is 1.25 bits per heavy atom. The second-order valence-electron chi connectivity index (χ2n) is 9.36.